The Balaban J connectivity index is 1.45. The molecular formula is C20H19N5O5. The first kappa shape index (κ1) is 19.4. The Morgan fingerprint density at radius 1 is 1.23 bits per heavy atom. The number of carbonyl (C=O) groups is 1. The van der Waals surface area contributed by atoms with E-state index in [0.717, 1.165) is 5.39 Å². The molecule has 0 radical (unpaired) electrons. The molecule has 3 heterocycles. The Labute approximate surface area is 171 Å². The highest BCUT2D eigenvalue weighted by atomic mass is 16.7. The van der Waals surface area contributed by atoms with Gasteiger partial charge >= 0.3 is 6.09 Å². The summed E-state index contributed by atoms with van der Waals surface area (Å²) in [5.41, 5.74) is 1.12. The molecule has 2 N–H and O–H groups in total. The summed E-state index contributed by atoms with van der Waals surface area (Å²) < 4.78 is 12.2. The number of fused-ring (bicyclic) bond motifs is 1. The molecule has 1 amide bonds. The van der Waals surface area contributed by atoms with Gasteiger partial charge in [-0.15, -0.1) is 0 Å². The van der Waals surface area contributed by atoms with Crippen LogP contribution in [0.5, 0.6) is 11.6 Å². The zero-order chi connectivity index (χ0) is 21.1. The molecule has 10 heteroatoms. The van der Waals surface area contributed by atoms with Crippen LogP contribution in [-0.2, 0) is 6.61 Å². The number of rotatable bonds is 6. The normalized spacial score (nSPS) is 11.1. The molecule has 0 saturated heterocycles. The third kappa shape index (κ3) is 4.23. The Morgan fingerprint density at radius 2 is 2.10 bits per heavy atom. The molecule has 10 nitrogen and oxygen atoms in total. The fourth-order valence-corrected chi connectivity index (χ4v) is 2.72. The first-order chi connectivity index (χ1) is 14.5. The lowest BCUT2D eigenvalue weighted by molar-refractivity contribution is 0.153. The van der Waals surface area contributed by atoms with Crippen LogP contribution < -0.4 is 14.9 Å². The van der Waals surface area contributed by atoms with Gasteiger partial charge in [0.05, 0.1) is 17.8 Å². The number of hydrogen-bond acceptors (Lipinski definition) is 8. The summed E-state index contributed by atoms with van der Waals surface area (Å²) in [6.45, 7) is 3.72. The predicted octanol–water partition coefficient (Wildman–Crippen LogP) is 3.49. The van der Waals surface area contributed by atoms with E-state index < -0.39 is 6.09 Å². The summed E-state index contributed by atoms with van der Waals surface area (Å²) >= 11 is 0. The first-order valence-electron chi connectivity index (χ1n) is 9.18. The fourth-order valence-electron chi connectivity index (χ4n) is 2.72. The molecule has 3 aromatic heterocycles. The molecule has 4 aromatic rings. The van der Waals surface area contributed by atoms with Crippen LogP contribution in [0.15, 0.2) is 53.4 Å². The molecule has 0 aliphatic carbocycles. The predicted molar refractivity (Wildman–Crippen MR) is 106 cm³/mol. The van der Waals surface area contributed by atoms with E-state index >= 15 is 0 Å². The van der Waals surface area contributed by atoms with Crippen molar-refractivity contribution < 1.29 is 24.0 Å². The highest BCUT2D eigenvalue weighted by Crippen LogP contribution is 2.25. The smallest absolute Gasteiger partial charge is 0.437 e. The molecule has 0 bridgehead atoms. The Bertz CT molecular complexity index is 1180. The van der Waals surface area contributed by atoms with E-state index in [1.807, 2.05) is 13.8 Å². The quantitative estimate of drug-likeness (QED) is 0.496. The van der Waals surface area contributed by atoms with Crippen molar-refractivity contribution in [1.29, 1.82) is 0 Å². The number of benzene rings is 1. The molecule has 154 valence electrons. The topological polar surface area (TPSA) is 125 Å². The number of aliphatic hydroxyl groups excluding tert-OH is 1. The van der Waals surface area contributed by atoms with Gasteiger partial charge in [0, 0.05) is 29.6 Å². The van der Waals surface area contributed by atoms with Crippen molar-refractivity contribution in [3.05, 3.63) is 60.4 Å². The largest absolute Gasteiger partial charge is 0.439 e. The molecule has 0 aliphatic rings. The molecule has 0 spiro atoms. The van der Waals surface area contributed by atoms with Crippen molar-refractivity contribution in [2.24, 2.45) is 0 Å². The van der Waals surface area contributed by atoms with E-state index in [4.69, 9.17) is 19.2 Å². The highest BCUT2D eigenvalue weighted by molar-refractivity contribution is 5.85. The summed E-state index contributed by atoms with van der Waals surface area (Å²) in [5, 5.41) is 16.3. The lowest BCUT2D eigenvalue weighted by Crippen LogP contribution is -2.24. The molecule has 0 unspecified atom stereocenters. The van der Waals surface area contributed by atoms with Crippen molar-refractivity contribution in [3.63, 3.8) is 0 Å². The Kier molecular flexibility index (Phi) is 5.31. The maximum Gasteiger partial charge on any atom is 0.437 e. The molecule has 4 rings (SSSR count). The maximum atomic E-state index is 12.2. The summed E-state index contributed by atoms with van der Waals surface area (Å²) in [6, 6.07) is 10.2. The summed E-state index contributed by atoms with van der Waals surface area (Å²) in [6.07, 6.45) is 2.24. The lowest BCUT2D eigenvalue weighted by Gasteiger charge is -2.08. The maximum absolute atomic E-state index is 12.2. The van der Waals surface area contributed by atoms with Crippen LogP contribution in [0, 0.1) is 0 Å². The van der Waals surface area contributed by atoms with Crippen LogP contribution in [0.25, 0.3) is 10.9 Å². The molecular weight excluding hydrogens is 390 g/mol. The van der Waals surface area contributed by atoms with E-state index in [2.05, 4.69) is 20.4 Å². The van der Waals surface area contributed by atoms with Gasteiger partial charge in [0.25, 0.3) is 0 Å². The number of ether oxygens (including phenoxy) is 1. The number of nitrogens with zero attached hydrogens (tertiary/aromatic N) is 4. The van der Waals surface area contributed by atoms with Crippen LogP contribution >= 0.6 is 0 Å². The Hall–Kier alpha value is -3.92. The van der Waals surface area contributed by atoms with Crippen LogP contribution in [0.2, 0.25) is 0 Å². The standard InChI is InChI=1S/C20H19N5O5/c1-12(2)17-9-18(24-29-17)23-20(27)30-25-6-5-13-7-15(3-4-16(13)25)28-19-8-14(10-26)21-11-22-19/h3-9,11-12,26H,10H2,1-2H3,(H,23,24,27). The third-order valence-corrected chi connectivity index (χ3v) is 4.22. The number of hydrogen-bond donors (Lipinski definition) is 2. The van der Waals surface area contributed by atoms with Gasteiger partial charge in [-0.2, -0.15) is 4.73 Å². The van der Waals surface area contributed by atoms with Gasteiger partial charge in [0.1, 0.15) is 17.8 Å². The fraction of sp³-hybridized carbons (Fsp3) is 0.200. The van der Waals surface area contributed by atoms with Crippen molar-refractivity contribution >= 4 is 22.8 Å². The van der Waals surface area contributed by atoms with E-state index in [1.165, 1.54) is 11.1 Å². The second kappa shape index (κ2) is 8.21. The van der Waals surface area contributed by atoms with Crippen LogP contribution in [0.4, 0.5) is 10.6 Å². The van der Waals surface area contributed by atoms with Gasteiger partial charge in [-0.05, 0) is 24.3 Å². The van der Waals surface area contributed by atoms with Crippen molar-refractivity contribution in [3.8, 4) is 11.6 Å². The number of aromatic nitrogens is 4. The summed E-state index contributed by atoms with van der Waals surface area (Å²) in [4.78, 5) is 25.4. The molecule has 1 aromatic carbocycles. The molecule has 30 heavy (non-hydrogen) atoms. The van der Waals surface area contributed by atoms with Gasteiger partial charge in [-0.25, -0.2) is 14.8 Å². The van der Waals surface area contributed by atoms with Gasteiger partial charge in [-0.1, -0.05) is 19.0 Å². The average molecular weight is 409 g/mol. The van der Waals surface area contributed by atoms with Crippen LogP contribution in [0.3, 0.4) is 0 Å². The van der Waals surface area contributed by atoms with E-state index in [1.54, 1.807) is 42.6 Å². The van der Waals surface area contributed by atoms with Gasteiger partial charge in [0.2, 0.25) is 5.88 Å². The highest BCUT2D eigenvalue weighted by Gasteiger charge is 2.13. The van der Waals surface area contributed by atoms with E-state index in [-0.39, 0.29) is 18.3 Å². The molecule has 0 atom stereocenters. The Morgan fingerprint density at radius 3 is 2.87 bits per heavy atom. The van der Waals surface area contributed by atoms with Crippen LogP contribution in [0.1, 0.15) is 31.2 Å². The third-order valence-electron chi connectivity index (χ3n) is 4.22. The van der Waals surface area contributed by atoms with Crippen molar-refractivity contribution in [2.45, 2.75) is 26.4 Å². The number of carbonyl (C=O) groups excluding carboxylic acids is 1. The molecule has 0 saturated carbocycles. The second-order valence-corrected chi connectivity index (χ2v) is 6.74. The van der Waals surface area contributed by atoms with E-state index in [0.29, 0.717) is 28.6 Å². The first-order valence-corrected chi connectivity index (χ1v) is 9.18. The lowest BCUT2D eigenvalue weighted by atomic mass is 10.2. The molecule has 0 aliphatic heterocycles. The summed E-state index contributed by atoms with van der Waals surface area (Å²) in [5.74, 6) is 1.96. The monoisotopic (exact) mass is 409 g/mol. The minimum absolute atomic E-state index is 0.159. The summed E-state index contributed by atoms with van der Waals surface area (Å²) in [7, 11) is 0. The van der Waals surface area contributed by atoms with Crippen LogP contribution in [-0.4, -0.2) is 31.1 Å². The van der Waals surface area contributed by atoms with Crippen molar-refractivity contribution in [1.82, 2.24) is 19.9 Å². The van der Waals surface area contributed by atoms with Gasteiger partial charge in [-0.3, -0.25) is 5.32 Å². The van der Waals surface area contributed by atoms with Gasteiger partial charge < -0.3 is 19.2 Å². The minimum Gasteiger partial charge on any atom is -0.439 e. The number of aliphatic hydroxyl groups is 1. The number of amides is 1. The zero-order valence-electron chi connectivity index (χ0n) is 16.3. The number of anilines is 1. The molecule has 0 fully saturated rings. The van der Waals surface area contributed by atoms with E-state index in [9.17, 15) is 4.79 Å². The van der Waals surface area contributed by atoms with Crippen molar-refractivity contribution in [2.75, 3.05) is 5.32 Å². The van der Waals surface area contributed by atoms with Gasteiger partial charge in [0.15, 0.2) is 5.82 Å². The SMILES string of the molecule is CC(C)c1cc(NC(=O)On2ccc3cc(Oc4cc(CO)ncn4)ccc32)no1. The minimum atomic E-state index is -0.700. The number of nitrogens with one attached hydrogen (secondary N) is 1. The zero-order valence-corrected chi connectivity index (χ0v) is 16.3. The average Bonchev–Trinajstić information content (AvgIpc) is 3.35. The second-order valence-electron chi connectivity index (χ2n) is 6.74.